The second-order valence-corrected chi connectivity index (χ2v) is 5.36. The highest BCUT2D eigenvalue weighted by Crippen LogP contribution is 2.15. The van der Waals surface area contributed by atoms with Crippen LogP contribution in [0.15, 0.2) is 53.3 Å². The lowest BCUT2D eigenvalue weighted by Crippen LogP contribution is -2.26. The number of H-pyrrole nitrogens is 1. The highest BCUT2D eigenvalue weighted by Gasteiger charge is 2.09. The fourth-order valence-corrected chi connectivity index (χ4v) is 2.47. The summed E-state index contributed by atoms with van der Waals surface area (Å²) in [5.74, 6) is -0.898. The van der Waals surface area contributed by atoms with Gasteiger partial charge in [0.1, 0.15) is 5.82 Å². The van der Waals surface area contributed by atoms with Crippen molar-refractivity contribution in [3.05, 3.63) is 81.4 Å². The van der Waals surface area contributed by atoms with Crippen LogP contribution in [-0.4, -0.2) is 10.9 Å². The molecular weight excluding hydrogens is 295 g/mol. The second kappa shape index (κ2) is 6.04. The van der Waals surface area contributed by atoms with Crippen LogP contribution in [0.3, 0.4) is 0 Å². The van der Waals surface area contributed by atoms with Crippen molar-refractivity contribution >= 4 is 16.8 Å². The fourth-order valence-electron chi connectivity index (χ4n) is 2.47. The summed E-state index contributed by atoms with van der Waals surface area (Å²) in [5, 5.41) is 3.54. The Morgan fingerprint density at radius 2 is 1.96 bits per heavy atom. The first-order valence-corrected chi connectivity index (χ1v) is 7.20. The van der Waals surface area contributed by atoms with Gasteiger partial charge in [0.2, 0.25) is 0 Å². The number of hydrogen-bond acceptors (Lipinski definition) is 2. The molecule has 0 atom stereocenters. The van der Waals surface area contributed by atoms with Crippen LogP contribution in [0.2, 0.25) is 0 Å². The number of pyridine rings is 1. The summed E-state index contributed by atoms with van der Waals surface area (Å²) in [6, 6.07) is 12.9. The molecule has 2 N–H and O–H groups in total. The van der Waals surface area contributed by atoms with Crippen molar-refractivity contribution in [1.29, 1.82) is 0 Å². The predicted molar refractivity (Wildman–Crippen MR) is 86.9 cm³/mol. The first-order chi connectivity index (χ1) is 11.0. The Morgan fingerprint density at radius 3 is 2.74 bits per heavy atom. The van der Waals surface area contributed by atoms with E-state index in [-0.39, 0.29) is 17.7 Å². The number of hydrogen-bond donors (Lipinski definition) is 2. The highest BCUT2D eigenvalue weighted by molar-refractivity contribution is 5.94. The van der Waals surface area contributed by atoms with Gasteiger partial charge < -0.3 is 10.3 Å². The summed E-state index contributed by atoms with van der Waals surface area (Å²) in [6.07, 6.45) is 0. The molecule has 0 saturated carbocycles. The van der Waals surface area contributed by atoms with Crippen LogP contribution >= 0.6 is 0 Å². The summed E-state index contributed by atoms with van der Waals surface area (Å²) in [7, 11) is 0. The lowest BCUT2D eigenvalue weighted by Gasteiger charge is -2.07. The van der Waals surface area contributed by atoms with Gasteiger partial charge in [0.25, 0.3) is 11.5 Å². The molecule has 3 rings (SSSR count). The molecule has 0 saturated heterocycles. The van der Waals surface area contributed by atoms with Crippen LogP contribution in [0.25, 0.3) is 10.9 Å². The normalized spacial score (nSPS) is 10.7. The van der Waals surface area contributed by atoms with E-state index in [9.17, 15) is 14.0 Å². The van der Waals surface area contributed by atoms with Crippen LogP contribution < -0.4 is 10.9 Å². The molecule has 1 amide bonds. The second-order valence-electron chi connectivity index (χ2n) is 5.36. The number of aromatic amines is 1. The van der Waals surface area contributed by atoms with Crippen molar-refractivity contribution in [3.8, 4) is 0 Å². The summed E-state index contributed by atoms with van der Waals surface area (Å²) in [5.41, 5.74) is 2.20. The molecule has 0 aliphatic carbocycles. The molecule has 23 heavy (non-hydrogen) atoms. The van der Waals surface area contributed by atoms with Gasteiger partial charge >= 0.3 is 0 Å². The lowest BCUT2D eigenvalue weighted by molar-refractivity contribution is 0.0950. The minimum atomic E-state index is -0.475. The summed E-state index contributed by atoms with van der Waals surface area (Å²) in [4.78, 5) is 27.0. The van der Waals surface area contributed by atoms with Crippen LogP contribution in [0.4, 0.5) is 4.39 Å². The average Bonchev–Trinajstić information content (AvgIpc) is 2.53. The van der Waals surface area contributed by atoms with Crippen LogP contribution in [0, 0.1) is 12.7 Å². The largest absolute Gasteiger partial charge is 0.348 e. The van der Waals surface area contributed by atoms with Gasteiger partial charge in [-0.05, 0) is 42.1 Å². The van der Waals surface area contributed by atoms with Gasteiger partial charge in [0.05, 0.1) is 5.52 Å². The maximum absolute atomic E-state index is 13.1. The number of rotatable bonds is 3. The molecule has 0 spiro atoms. The number of aromatic nitrogens is 1. The molecule has 0 aliphatic heterocycles. The molecule has 0 bridgehead atoms. The van der Waals surface area contributed by atoms with E-state index in [1.165, 1.54) is 18.2 Å². The summed E-state index contributed by atoms with van der Waals surface area (Å²) < 4.78 is 13.1. The van der Waals surface area contributed by atoms with Crippen molar-refractivity contribution in [2.45, 2.75) is 13.5 Å². The number of carbonyl (C=O) groups excluding carboxylic acids is 1. The van der Waals surface area contributed by atoms with Crippen molar-refractivity contribution in [2.75, 3.05) is 0 Å². The Kier molecular flexibility index (Phi) is 3.93. The number of amides is 1. The third-order valence-corrected chi connectivity index (χ3v) is 3.69. The molecule has 0 unspecified atom stereocenters. The van der Waals surface area contributed by atoms with Gasteiger partial charge in [-0.1, -0.05) is 24.3 Å². The minimum Gasteiger partial charge on any atom is -0.348 e. The van der Waals surface area contributed by atoms with Crippen LogP contribution in [0.1, 0.15) is 21.5 Å². The Morgan fingerprint density at radius 1 is 1.17 bits per heavy atom. The van der Waals surface area contributed by atoms with E-state index in [0.29, 0.717) is 5.56 Å². The van der Waals surface area contributed by atoms with Gasteiger partial charge in [0, 0.05) is 17.7 Å². The van der Waals surface area contributed by atoms with Crippen molar-refractivity contribution in [3.63, 3.8) is 0 Å². The number of aryl methyl sites for hydroxylation is 1. The first kappa shape index (κ1) is 15.0. The summed E-state index contributed by atoms with van der Waals surface area (Å²) >= 11 is 0. The zero-order valence-corrected chi connectivity index (χ0v) is 12.5. The van der Waals surface area contributed by atoms with Crippen molar-refractivity contribution in [2.24, 2.45) is 0 Å². The monoisotopic (exact) mass is 310 g/mol. The van der Waals surface area contributed by atoms with Gasteiger partial charge in [-0.25, -0.2) is 4.39 Å². The van der Waals surface area contributed by atoms with Crippen molar-refractivity contribution in [1.82, 2.24) is 10.3 Å². The molecule has 2 aromatic carbocycles. The van der Waals surface area contributed by atoms with E-state index >= 15 is 0 Å². The number of para-hydroxylation sites is 1. The molecule has 1 heterocycles. The molecule has 0 fully saturated rings. The van der Waals surface area contributed by atoms with Gasteiger partial charge in [-0.15, -0.1) is 0 Å². The molecule has 116 valence electrons. The SMILES string of the molecule is Cc1cccc2cc(CNC(=O)c3cccc(F)c3)c(=O)[nH]c12. The molecule has 4 nitrogen and oxygen atoms in total. The number of nitrogens with one attached hydrogen (secondary N) is 2. The summed E-state index contributed by atoms with van der Waals surface area (Å²) in [6.45, 7) is 2.00. The smallest absolute Gasteiger partial charge is 0.253 e. The zero-order chi connectivity index (χ0) is 16.4. The van der Waals surface area contributed by atoms with Crippen LogP contribution in [0.5, 0.6) is 0 Å². The van der Waals surface area contributed by atoms with E-state index < -0.39 is 11.7 Å². The van der Waals surface area contributed by atoms with E-state index in [4.69, 9.17) is 0 Å². The Hall–Kier alpha value is -2.95. The Bertz CT molecular complexity index is 947. The van der Waals surface area contributed by atoms with E-state index in [2.05, 4.69) is 10.3 Å². The zero-order valence-electron chi connectivity index (χ0n) is 12.5. The van der Waals surface area contributed by atoms with E-state index in [1.807, 2.05) is 25.1 Å². The molecule has 0 radical (unpaired) electrons. The molecular formula is C18H15FN2O2. The minimum absolute atomic E-state index is 0.0779. The Balaban J connectivity index is 1.83. The molecule has 5 heteroatoms. The molecule has 1 aromatic heterocycles. The number of carbonyl (C=O) groups is 1. The average molecular weight is 310 g/mol. The lowest BCUT2D eigenvalue weighted by atomic mass is 10.1. The third-order valence-electron chi connectivity index (χ3n) is 3.69. The first-order valence-electron chi connectivity index (χ1n) is 7.20. The Labute approximate surface area is 132 Å². The fraction of sp³-hybridized carbons (Fsp3) is 0.111. The van der Waals surface area contributed by atoms with Gasteiger partial charge in [-0.3, -0.25) is 9.59 Å². The predicted octanol–water partition coefficient (Wildman–Crippen LogP) is 2.91. The third kappa shape index (κ3) is 3.13. The molecule has 0 aliphatic rings. The standard InChI is InChI=1S/C18H15FN2O2/c1-11-4-2-5-12-8-14(18(23)21-16(11)12)10-20-17(22)13-6-3-7-15(19)9-13/h2-9H,10H2,1H3,(H,20,22)(H,21,23). The van der Waals surface area contributed by atoms with Crippen molar-refractivity contribution < 1.29 is 9.18 Å². The van der Waals surface area contributed by atoms with E-state index in [1.54, 1.807) is 6.07 Å². The maximum Gasteiger partial charge on any atom is 0.253 e. The van der Waals surface area contributed by atoms with Gasteiger partial charge in [0.15, 0.2) is 0 Å². The number of benzene rings is 2. The number of fused-ring (bicyclic) bond motifs is 1. The van der Waals surface area contributed by atoms with Gasteiger partial charge in [-0.2, -0.15) is 0 Å². The van der Waals surface area contributed by atoms with E-state index in [0.717, 1.165) is 22.5 Å². The quantitative estimate of drug-likeness (QED) is 0.781. The van der Waals surface area contributed by atoms with Crippen LogP contribution in [-0.2, 0) is 6.54 Å². The highest BCUT2D eigenvalue weighted by atomic mass is 19.1. The maximum atomic E-state index is 13.1. The number of halogens is 1. The topological polar surface area (TPSA) is 62.0 Å². The molecule has 3 aromatic rings.